The Labute approximate surface area is 102 Å². The molecule has 0 saturated carbocycles. The summed E-state index contributed by atoms with van der Waals surface area (Å²) in [4.78, 5) is 13.8. The van der Waals surface area contributed by atoms with Gasteiger partial charge in [0.05, 0.1) is 12.0 Å². The van der Waals surface area contributed by atoms with Gasteiger partial charge < -0.3 is 14.6 Å². The van der Waals surface area contributed by atoms with E-state index in [1.54, 1.807) is 0 Å². The van der Waals surface area contributed by atoms with Crippen LogP contribution in [0, 0.1) is 5.41 Å². The fraction of sp³-hybridized carbons (Fsp3) is 0.917. The minimum atomic E-state index is -0.675. The molecule has 1 N–H and O–H groups in total. The van der Waals surface area contributed by atoms with E-state index in [4.69, 9.17) is 9.47 Å². The molecule has 0 aromatic carbocycles. The van der Waals surface area contributed by atoms with Crippen molar-refractivity contribution in [2.45, 2.75) is 19.3 Å². The van der Waals surface area contributed by atoms with Gasteiger partial charge in [-0.3, -0.25) is 9.69 Å². The Bertz CT molecular complexity index is 255. The van der Waals surface area contributed by atoms with E-state index in [-0.39, 0.29) is 0 Å². The van der Waals surface area contributed by atoms with Gasteiger partial charge in [-0.2, -0.15) is 0 Å². The second-order valence-corrected chi connectivity index (χ2v) is 4.94. The van der Waals surface area contributed by atoms with E-state index in [1.165, 1.54) is 0 Å². The molecular formula is C12H21NO4. The lowest BCUT2D eigenvalue weighted by Gasteiger charge is -2.37. The first kappa shape index (κ1) is 12.8. The first-order chi connectivity index (χ1) is 8.23. The predicted octanol–water partition coefficient (Wildman–Crippen LogP) is 0.590. The van der Waals surface area contributed by atoms with Crippen molar-refractivity contribution in [3.8, 4) is 0 Å². The molecule has 0 bridgehead atoms. The Morgan fingerprint density at radius 3 is 2.53 bits per heavy atom. The summed E-state index contributed by atoms with van der Waals surface area (Å²) >= 11 is 0. The monoisotopic (exact) mass is 243 g/mol. The average Bonchev–Trinajstić information content (AvgIpc) is 2.59. The number of aliphatic carboxylic acids is 1. The van der Waals surface area contributed by atoms with Crippen molar-refractivity contribution in [2.75, 3.05) is 46.1 Å². The number of ether oxygens (including phenoxy) is 2. The molecule has 5 nitrogen and oxygen atoms in total. The van der Waals surface area contributed by atoms with Crippen LogP contribution in [0.2, 0.25) is 0 Å². The maximum Gasteiger partial charge on any atom is 0.311 e. The molecule has 98 valence electrons. The normalized spacial score (nSPS) is 26.4. The molecule has 0 aromatic heterocycles. The summed E-state index contributed by atoms with van der Waals surface area (Å²) in [6.45, 7) is 5.06. The number of hydrogen-bond donors (Lipinski definition) is 1. The molecule has 2 saturated heterocycles. The first-order valence-electron chi connectivity index (χ1n) is 6.34. The van der Waals surface area contributed by atoms with Crippen LogP contribution in [0.1, 0.15) is 19.3 Å². The quantitative estimate of drug-likeness (QED) is 0.786. The van der Waals surface area contributed by atoms with Crippen LogP contribution >= 0.6 is 0 Å². The molecule has 0 radical (unpaired) electrons. The minimum Gasteiger partial charge on any atom is -0.481 e. The highest BCUT2D eigenvalue weighted by Gasteiger charge is 2.41. The zero-order chi connectivity index (χ0) is 12.1. The maximum absolute atomic E-state index is 11.5. The number of nitrogens with zero attached hydrogens (tertiary/aromatic N) is 1. The zero-order valence-electron chi connectivity index (χ0n) is 10.2. The third-order valence-corrected chi connectivity index (χ3v) is 3.74. The van der Waals surface area contributed by atoms with E-state index in [0.29, 0.717) is 39.2 Å². The maximum atomic E-state index is 11.5. The third-order valence-electron chi connectivity index (χ3n) is 3.74. The molecule has 5 heteroatoms. The van der Waals surface area contributed by atoms with Crippen LogP contribution in [0.15, 0.2) is 0 Å². The lowest BCUT2D eigenvalue weighted by Crippen LogP contribution is -2.47. The Kier molecular flexibility index (Phi) is 4.36. The fourth-order valence-corrected chi connectivity index (χ4v) is 2.59. The molecule has 2 rings (SSSR count). The van der Waals surface area contributed by atoms with E-state index < -0.39 is 11.4 Å². The van der Waals surface area contributed by atoms with Gasteiger partial charge in [-0.15, -0.1) is 0 Å². The Morgan fingerprint density at radius 2 is 1.82 bits per heavy atom. The van der Waals surface area contributed by atoms with Crippen molar-refractivity contribution in [1.82, 2.24) is 4.90 Å². The van der Waals surface area contributed by atoms with Crippen LogP contribution in [0.5, 0.6) is 0 Å². The molecule has 2 heterocycles. The van der Waals surface area contributed by atoms with Gasteiger partial charge in [0.1, 0.15) is 0 Å². The average molecular weight is 243 g/mol. The van der Waals surface area contributed by atoms with Crippen molar-refractivity contribution in [1.29, 1.82) is 0 Å². The summed E-state index contributed by atoms with van der Waals surface area (Å²) in [5.74, 6) is -0.675. The largest absolute Gasteiger partial charge is 0.481 e. The van der Waals surface area contributed by atoms with Crippen molar-refractivity contribution in [3.63, 3.8) is 0 Å². The van der Waals surface area contributed by atoms with Crippen LogP contribution in [-0.4, -0.2) is 62.0 Å². The third kappa shape index (κ3) is 3.18. The molecule has 2 aliphatic rings. The first-order valence-corrected chi connectivity index (χ1v) is 6.34. The standard InChI is InChI=1S/C12H21NO4/c14-11(15)12(2-7-17-8-3-12)10-13-4-1-6-16-9-5-13/h1-10H2,(H,14,15). The number of carboxylic acid groups (broad SMARTS) is 1. The highest BCUT2D eigenvalue weighted by Crippen LogP contribution is 2.32. The molecule has 0 aliphatic carbocycles. The predicted molar refractivity (Wildman–Crippen MR) is 62.0 cm³/mol. The molecule has 2 fully saturated rings. The number of hydrogen-bond acceptors (Lipinski definition) is 4. The van der Waals surface area contributed by atoms with Crippen molar-refractivity contribution >= 4 is 5.97 Å². The van der Waals surface area contributed by atoms with Gasteiger partial charge in [0.25, 0.3) is 0 Å². The van der Waals surface area contributed by atoms with Gasteiger partial charge in [-0.1, -0.05) is 0 Å². The van der Waals surface area contributed by atoms with Crippen LogP contribution in [0.25, 0.3) is 0 Å². The molecule has 0 spiro atoms. The minimum absolute atomic E-state index is 0.566. The lowest BCUT2D eigenvalue weighted by atomic mass is 9.79. The Hall–Kier alpha value is -0.650. The van der Waals surface area contributed by atoms with Gasteiger partial charge in [-0.25, -0.2) is 0 Å². The Balaban J connectivity index is 1.98. The van der Waals surface area contributed by atoms with Crippen LogP contribution in [0.3, 0.4) is 0 Å². The van der Waals surface area contributed by atoms with Crippen LogP contribution in [-0.2, 0) is 14.3 Å². The van der Waals surface area contributed by atoms with Gasteiger partial charge >= 0.3 is 5.97 Å². The number of carbonyl (C=O) groups is 1. The summed E-state index contributed by atoms with van der Waals surface area (Å²) in [5.41, 5.74) is -0.609. The summed E-state index contributed by atoms with van der Waals surface area (Å²) in [6.07, 6.45) is 2.24. The van der Waals surface area contributed by atoms with Crippen LogP contribution < -0.4 is 0 Å². The van der Waals surface area contributed by atoms with Crippen LogP contribution in [0.4, 0.5) is 0 Å². The summed E-state index contributed by atoms with van der Waals surface area (Å²) in [5, 5.41) is 9.48. The van der Waals surface area contributed by atoms with E-state index >= 15 is 0 Å². The summed E-state index contributed by atoms with van der Waals surface area (Å²) < 4.78 is 10.7. The highest BCUT2D eigenvalue weighted by atomic mass is 16.5. The van der Waals surface area contributed by atoms with Gasteiger partial charge in [-0.05, 0) is 19.3 Å². The topological polar surface area (TPSA) is 59.0 Å². The molecule has 0 unspecified atom stereocenters. The van der Waals surface area contributed by atoms with E-state index in [2.05, 4.69) is 4.90 Å². The zero-order valence-corrected chi connectivity index (χ0v) is 10.2. The smallest absolute Gasteiger partial charge is 0.311 e. The Morgan fingerprint density at radius 1 is 1.12 bits per heavy atom. The number of carboxylic acids is 1. The van der Waals surface area contributed by atoms with E-state index in [1.807, 2.05) is 0 Å². The van der Waals surface area contributed by atoms with Crippen molar-refractivity contribution in [3.05, 3.63) is 0 Å². The second-order valence-electron chi connectivity index (χ2n) is 4.94. The summed E-state index contributed by atoms with van der Waals surface area (Å²) in [6, 6.07) is 0. The summed E-state index contributed by atoms with van der Waals surface area (Å²) in [7, 11) is 0. The molecule has 0 amide bonds. The van der Waals surface area contributed by atoms with Crippen molar-refractivity contribution in [2.24, 2.45) is 5.41 Å². The van der Waals surface area contributed by atoms with Gasteiger partial charge in [0, 0.05) is 39.5 Å². The molecule has 2 aliphatic heterocycles. The molecular weight excluding hydrogens is 222 g/mol. The molecule has 0 atom stereocenters. The van der Waals surface area contributed by atoms with E-state index in [0.717, 1.165) is 26.1 Å². The van der Waals surface area contributed by atoms with Gasteiger partial charge in [0.2, 0.25) is 0 Å². The molecule has 0 aromatic rings. The lowest BCUT2D eigenvalue weighted by molar-refractivity contribution is -0.156. The van der Waals surface area contributed by atoms with Crippen molar-refractivity contribution < 1.29 is 19.4 Å². The molecule has 17 heavy (non-hydrogen) atoms. The van der Waals surface area contributed by atoms with E-state index in [9.17, 15) is 9.90 Å². The highest BCUT2D eigenvalue weighted by molar-refractivity contribution is 5.75. The SMILES string of the molecule is O=C(O)C1(CN2CCCOCC2)CCOCC1. The fourth-order valence-electron chi connectivity index (χ4n) is 2.59. The van der Waals surface area contributed by atoms with Gasteiger partial charge in [0.15, 0.2) is 0 Å². The number of rotatable bonds is 3. The second kappa shape index (κ2) is 5.80.